The molecule has 0 aliphatic heterocycles. The van der Waals surface area contributed by atoms with E-state index in [1.54, 1.807) is 6.33 Å². The molecule has 1 aromatic heterocycles. The Labute approximate surface area is 115 Å². The lowest BCUT2D eigenvalue weighted by atomic mass is 10.2. The number of nitrogens with zero attached hydrogens (tertiary/aromatic N) is 2. The first-order chi connectivity index (χ1) is 8.72. The molecule has 0 bridgehead atoms. The van der Waals surface area contributed by atoms with Crippen LogP contribution in [-0.4, -0.2) is 16.5 Å². The second kappa shape index (κ2) is 5.82. The number of hydrogen-bond acceptors (Lipinski definition) is 4. The van der Waals surface area contributed by atoms with Gasteiger partial charge in [0, 0.05) is 12.2 Å². The number of aryl methyl sites for hydroxylation is 1. The number of benzene rings is 1. The molecule has 1 heterocycles. The normalized spacial score (nSPS) is 10.2. The standard InChI is InChI=1S/C13H15BrN4/c1-3-15-12-11(14)13(17-8-16-12)18-10-7-5-4-6-9(10)2/h4-8H,3H2,1-2H3,(H2,15,16,17,18). The van der Waals surface area contributed by atoms with E-state index < -0.39 is 0 Å². The Morgan fingerprint density at radius 2 is 1.89 bits per heavy atom. The number of aromatic nitrogens is 2. The lowest BCUT2D eigenvalue weighted by Gasteiger charge is -2.12. The Kier molecular flexibility index (Phi) is 4.15. The first-order valence-electron chi connectivity index (χ1n) is 5.79. The highest BCUT2D eigenvalue weighted by Gasteiger charge is 2.08. The number of anilines is 3. The highest BCUT2D eigenvalue weighted by atomic mass is 79.9. The van der Waals surface area contributed by atoms with Gasteiger partial charge in [0.2, 0.25) is 0 Å². The van der Waals surface area contributed by atoms with Gasteiger partial charge in [-0.3, -0.25) is 0 Å². The van der Waals surface area contributed by atoms with Crippen LogP contribution in [0.4, 0.5) is 17.3 Å². The molecule has 0 amide bonds. The second-order valence-electron chi connectivity index (χ2n) is 3.86. The fraction of sp³-hybridized carbons (Fsp3) is 0.231. The smallest absolute Gasteiger partial charge is 0.150 e. The monoisotopic (exact) mass is 306 g/mol. The van der Waals surface area contributed by atoms with Crippen LogP contribution in [0.15, 0.2) is 35.1 Å². The SMILES string of the molecule is CCNc1ncnc(Nc2ccccc2C)c1Br. The molecule has 2 N–H and O–H groups in total. The van der Waals surface area contributed by atoms with E-state index in [0.29, 0.717) is 0 Å². The van der Waals surface area contributed by atoms with Crippen molar-refractivity contribution in [1.29, 1.82) is 0 Å². The molecule has 0 saturated heterocycles. The van der Waals surface area contributed by atoms with E-state index in [4.69, 9.17) is 0 Å². The van der Waals surface area contributed by atoms with E-state index in [9.17, 15) is 0 Å². The topological polar surface area (TPSA) is 49.8 Å². The molecule has 0 spiro atoms. The molecule has 0 unspecified atom stereocenters. The molecule has 0 fully saturated rings. The van der Waals surface area contributed by atoms with Crippen molar-refractivity contribution in [3.63, 3.8) is 0 Å². The summed E-state index contributed by atoms with van der Waals surface area (Å²) in [6.45, 7) is 4.91. The van der Waals surface area contributed by atoms with E-state index in [-0.39, 0.29) is 0 Å². The van der Waals surface area contributed by atoms with Gasteiger partial charge in [0.05, 0.1) is 0 Å². The number of rotatable bonds is 4. The van der Waals surface area contributed by atoms with Crippen LogP contribution in [0.5, 0.6) is 0 Å². The van der Waals surface area contributed by atoms with Crippen LogP contribution in [0.2, 0.25) is 0 Å². The summed E-state index contributed by atoms with van der Waals surface area (Å²) in [5, 5.41) is 6.48. The average molecular weight is 307 g/mol. The first kappa shape index (κ1) is 12.8. The third kappa shape index (κ3) is 2.79. The number of halogens is 1. The van der Waals surface area contributed by atoms with Crippen molar-refractivity contribution >= 4 is 33.3 Å². The van der Waals surface area contributed by atoms with Crippen molar-refractivity contribution in [2.24, 2.45) is 0 Å². The fourth-order valence-corrected chi connectivity index (χ4v) is 2.03. The van der Waals surface area contributed by atoms with Crippen LogP contribution in [0.1, 0.15) is 12.5 Å². The van der Waals surface area contributed by atoms with Gasteiger partial charge in [-0.05, 0) is 41.4 Å². The predicted molar refractivity (Wildman–Crippen MR) is 78.4 cm³/mol. The number of para-hydroxylation sites is 1. The van der Waals surface area contributed by atoms with Gasteiger partial charge in [-0.15, -0.1) is 0 Å². The van der Waals surface area contributed by atoms with Crippen molar-refractivity contribution in [3.05, 3.63) is 40.6 Å². The summed E-state index contributed by atoms with van der Waals surface area (Å²) in [5.41, 5.74) is 2.22. The van der Waals surface area contributed by atoms with Crippen LogP contribution in [0, 0.1) is 6.92 Å². The predicted octanol–water partition coefficient (Wildman–Crippen LogP) is 3.72. The van der Waals surface area contributed by atoms with Crippen LogP contribution in [0.3, 0.4) is 0 Å². The van der Waals surface area contributed by atoms with E-state index in [2.05, 4.69) is 49.5 Å². The van der Waals surface area contributed by atoms with E-state index >= 15 is 0 Å². The maximum Gasteiger partial charge on any atom is 0.150 e. The minimum atomic E-state index is 0.759. The van der Waals surface area contributed by atoms with Gasteiger partial charge < -0.3 is 10.6 Å². The summed E-state index contributed by atoms with van der Waals surface area (Å²) in [7, 11) is 0. The first-order valence-corrected chi connectivity index (χ1v) is 6.58. The molecule has 2 rings (SSSR count). The zero-order chi connectivity index (χ0) is 13.0. The Morgan fingerprint density at radius 3 is 2.61 bits per heavy atom. The highest BCUT2D eigenvalue weighted by Crippen LogP contribution is 2.29. The van der Waals surface area contributed by atoms with Crippen LogP contribution in [0.25, 0.3) is 0 Å². The molecule has 94 valence electrons. The van der Waals surface area contributed by atoms with Gasteiger partial charge in [0.1, 0.15) is 22.4 Å². The summed E-state index contributed by atoms with van der Waals surface area (Å²) in [5.74, 6) is 1.55. The Balaban J connectivity index is 2.30. The summed E-state index contributed by atoms with van der Waals surface area (Å²) in [6.07, 6.45) is 1.54. The summed E-state index contributed by atoms with van der Waals surface area (Å²) in [4.78, 5) is 8.43. The molecule has 0 radical (unpaired) electrons. The number of nitrogens with one attached hydrogen (secondary N) is 2. The zero-order valence-corrected chi connectivity index (χ0v) is 12.0. The molecule has 18 heavy (non-hydrogen) atoms. The minimum absolute atomic E-state index is 0.759. The molecular weight excluding hydrogens is 292 g/mol. The van der Waals surface area contributed by atoms with Gasteiger partial charge in [0.15, 0.2) is 0 Å². The maximum absolute atomic E-state index is 4.25. The zero-order valence-electron chi connectivity index (χ0n) is 10.4. The average Bonchev–Trinajstić information content (AvgIpc) is 2.37. The maximum atomic E-state index is 4.25. The molecule has 0 aliphatic rings. The van der Waals surface area contributed by atoms with Crippen molar-refractivity contribution < 1.29 is 0 Å². The molecule has 0 atom stereocenters. The van der Waals surface area contributed by atoms with Crippen LogP contribution in [-0.2, 0) is 0 Å². The molecule has 0 aliphatic carbocycles. The van der Waals surface area contributed by atoms with Gasteiger partial charge in [-0.25, -0.2) is 9.97 Å². The molecule has 0 saturated carbocycles. The fourth-order valence-electron chi connectivity index (χ4n) is 1.59. The van der Waals surface area contributed by atoms with Gasteiger partial charge in [0.25, 0.3) is 0 Å². The molecule has 4 nitrogen and oxygen atoms in total. The van der Waals surface area contributed by atoms with E-state index in [1.165, 1.54) is 5.56 Å². The Hall–Kier alpha value is -1.62. The van der Waals surface area contributed by atoms with Crippen molar-refractivity contribution in [3.8, 4) is 0 Å². The minimum Gasteiger partial charge on any atom is -0.369 e. The Bertz CT molecular complexity index is 542. The second-order valence-corrected chi connectivity index (χ2v) is 4.65. The van der Waals surface area contributed by atoms with Crippen molar-refractivity contribution in [2.45, 2.75) is 13.8 Å². The summed E-state index contributed by atoms with van der Waals surface area (Å²) in [6, 6.07) is 8.09. The third-order valence-electron chi connectivity index (χ3n) is 2.53. The van der Waals surface area contributed by atoms with Gasteiger partial charge >= 0.3 is 0 Å². The molecular formula is C13H15BrN4. The van der Waals surface area contributed by atoms with Gasteiger partial charge in [-0.1, -0.05) is 18.2 Å². The van der Waals surface area contributed by atoms with E-state index in [0.717, 1.165) is 28.3 Å². The summed E-state index contributed by atoms with van der Waals surface area (Å²) >= 11 is 3.51. The Morgan fingerprint density at radius 1 is 1.17 bits per heavy atom. The van der Waals surface area contributed by atoms with Gasteiger partial charge in [-0.2, -0.15) is 0 Å². The summed E-state index contributed by atoms with van der Waals surface area (Å²) < 4.78 is 0.843. The van der Waals surface area contributed by atoms with Crippen molar-refractivity contribution in [2.75, 3.05) is 17.2 Å². The largest absolute Gasteiger partial charge is 0.369 e. The number of hydrogen-bond donors (Lipinski definition) is 2. The lowest BCUT2D eigenvalue weighted by molar-refractivity contribution is 1.10. The van der Waals surface area contributed by atoms with Crippen molar-refractivity contribution in [1.82, 2.24) is 9.97 Å². The molecule has 1 aromatic carbocycles. The van der Waals surface area contributed by atoms with Crippen LogP contribution < -0.4 is 10.6 Å². The lowest BCUT2D eigenvalue weighted by Crippen LogP contribution is -2.04. The highest BCUT2D eigenvalue weighted by molar-refractivity contribution is 9.10. The molecule has 5 heteroatoms. The van der Waals surface area contributed by atoms with Crippen LogP contribution >= 0.6 is 15.9 Å². The third-order valence-corrected chi connectivity index (χ3v) is 3.28. The van der Waals surface area contributed by atoms with E-state index in [1.807, 2.05) is 25.1 Å². The quantitative estimate of drug-likeness (QED) is 0.904. The molecule has 2 aromatic rings.